The summed E-state index contributed by atoms with van der Waals surface area (Å²) in [5, 5.41) is 22.4. The molecule has 0 aliphatic heterocycles. The maximum Gasteiger partial charge on any atom is 0.122 e. The van der Waals surface area contributed by atoms with Crippen LogP contribution in [0.3, 0.4) is 0 Å². The van der Waals surface area contributed by atoms with Crippen LogP contribution in [-0.4, -0.2) is 11.7 Å². The Labute approximate surface area is 133 Å². The summed E-state index contributed by atoms with van der Waals surface area (Å²) in [5.41, 5.74) is 16.2. The maximum absolute atomic E-state index is 7.30. The Balaban J connectivity index is 0.00000242. The van der Waals surface area contributed by atoms with E-state index in [0.717, 1.165) is 5.69 Å². The van der Waals surface area contributed by atoms with Crippen molar-refractivity contribution in [3.05, 3.63) is 59.7 Å². The van der Waals surface area contributed by atoms with Gasteiger partial charge in [-0.05, 0) is 48.5 Å². The fourth-order valence-corrected chi connectivity index (χ4v) is 1.57. The molecule has 0 atom stereocenters. The summed E-state index contributed by atoms with van der Waals surface area (Å²) in [6.45, 7) is 0. The van der Waals surface area contributed by atoms with Gasteiger partial charge in [-0.15, -0.1) is 17.5 Å². The Morgan fingerprint density at radius 3 is 1.73 bits per heavy atom. The molecule has 0 heterocycles. The number of hydrogen-bond donors (Lipinski definition) is 5. The molecule has 0 bridgehead atoms. The lowest BCUT2D eigenvalue weighted by Gasteiger charge is -2.01. The summed E-state index contributed by atoms with van der Waals surface area (Å²) in [6, 6.07) is 13.8. The highest BCUT2D eigenvalue weighted by molar-refractivity contribution is 5.95. The van der Waals surface area contributed by atoms with E-state index < -0.39 is 0 Å². The molecule has 0 aromatic heterocycles. The van der Waals surface area contributed by atoms with Crippen LogP contribution in [-0.2, 0) is 0 Å². The van der Waals surface area contributed by atoms with Gasteiger partial charge in [0.1, 0.15) is 11.7 Å². The molecule has 2 rings (SSSR count). The van der Waals surface area contributed by atoms with Crippen molar-refractivity contribution >= 4 is 35.5 Å². The first-order valence-corrected chi connectivity index (χ1v) is 6.12. The lowest BCUT2D eigenvalue weighted by Crippen LogP contribution is -2.10. The first-order valence-electron chi connectivity index (χ1n) is 6.12. The van der Waals surface area contributed by atoms with Crippen LogP contribution in [0.25, 0.3) is 0 Å². The quantitative estimate of drug-likeness (QED) is 0.251. The van der Waals surface area contributed by atoms with Gasteiger partial charge in [0, 0.05) is 11.1 Å². The Morgan fingerprint density at radius 1 is 0.818 bits per heavy atom. The van der Waals surface area contributed by atoms with E-state index in [-0.39, 0.29) is 24.1 Å². The topological polar surface area (TPSA) is 136 Å². The molecule has 2 aromatic carbocycles. The summed E-state index contributed by atoms with van der Waals surface area (Å²) >= 11 is 0. The molecule has 0 unspecified atom stereocenters. The van der Waals surface area contributed by atoms with E-state index in [2.05, 4.69) is 15.8 Å². The van der Waals surface area contributed by atoms with Crippen molar-refractivity contribution in [1.82, 2.24) is 0 Å². The van der Waals surface area contributed by atoms with Gasteiger partial charge >= 0.3 is 0 Å². The first kappa shape index (κ1) is 17.1. The average Bonchev–Trinajstić information content (AvgIpc) is 2.48. The number of nitrogens with zero attached hydrogens (tertiary/aromatic N) is 2. The van der Waals surface area contributed by atoms with E-state index in [1.165, 1.54) is 0 Å². The second kappa shape index (κ2) is 7.75. The molecule has 0 saturated heterocycles. The van der Waals surface area contributed by atoms with Crippen LogP contribution in [0.4, 0.5) is 11.4 Å². The van der Waals surface area contributed by atoms with Crippen LogP contribution in [0.5, 0.6) is 0 Å². The number of hydrogen-bond acceptors (Lipinski definition) is 4. The lowest BCUT2D eigenvalue weighted by molar-refractivity contribution is 1.13. The van der Waals surface area contributed by atoms with Gasteiger partial charge in [-0.3, -0.25) is 16.2 Å². The molecule has 22 heavy (non-hydrogen) atoms. The number of anilines is 1. The molecular formula is C14H16ClN7. The third kappa shape index (κ3) is 4.57. The summed E-state index contributed by atoms with van der Waals surface area (Å²) in [6.07, 6.45) is 0. The molecule has 8 heteroatoms. The minimum absolute atomic E-state index is 0. The van der Waals surface area contributed by atoms with Crippen LogP contribution < -0.4 is 16.9 Å². The standard InChI is InChI=1S/C14H15N7.ClH/c15-13(16)9-1-5-11(6-2-9)19-21-20-12-7-3-10(4-8-12)14(17)18;/h1-8H,(H3,15,16)(H3,17,18)(H,19,20);1H. The predicted octanol–water partition coefficient (Wildman–Crippen LogP) is 2.79. The summed E-state index contributed by atoms with van der Waals surface area (Å²) in [7, 11) is 0. The number of nitrogens with one attached hydrogen (secondary N) is 3. The van der Waals surface area contributed by atoms with Gasteiger partial charge in [0.2, 0.25) is 0 Å². The van der Waals surface area contributed by atoms with Gasteiger partial charge in [0.25, 0.3) is 0 Å². The minimum Gasteiger partial charge on any atom is -0.384 e. The van der Waals surface area contributed by atoms with E-state index in [9.17, 15) is 0 Å². The first-order chi connectivity index (χ1) is 10.1. The predicted molar refractivity (Wildman–Crippen MR) is 90.3 cm³/mol. The Hall–Kier alpha value is -2.93. The van der Waals surface area contributed by atoms with Gasteiger partial charge in [-0.25, -0.2) is 0 Å². The van der Waals surface area contributed by atoms with Crippen molar-refractivity contribution in [3.8, 4) is 0 Å². The maximum atomic E-state index is 7.30. The molecule has 0 saturated carbocycles. The molecule has 2 aromatic rings. The highest BCUT2D eigenvalue weighted by Gasteiger charge is 1.97. The van der Waals surface area contributed by atoms with E-state index in [0.29, 0.717) is 16.8 Å². The van der Waals surface area contributed by atoms with Crippen LogP contribution in [0, 0.1) is 10.8 Å². The normalized spacial score (nSPS) is 10.0. The zero-order valence-corrected chi connectivity index (χ0v) is 12.4. The monoisotopic (exact) mass is 317 g/mol. The number of amidine groups is 2. The average molecular weight is 318 g/mol. The van der Waals surface area contributed by atoms with Gasteiger partial charge < -0.3 is 11.5 Å². The van der Waals surface area contributed by atoms with Crippen LogP contribution in [0.1, 0.15) is 11.1 Å². The molecule has 0 fully saturated rings. The zero-order valence-electron chi connectivity index (χ0n) is 11.6. The largest absolute Gasteiger partial charge is 0.384 e. The van der Waals surface area contributed by atoms with Crippen molar-refractivity contribution in [3.63, 3.8) is 0 Å². The molecule has 0 spiro atoms. The highest BCUT2D eigenvalue weighted by atomic mass is 35.5. The Kier molecular flexibility index (Phi) is 6.03. The van der Waals surface area contributed by atoms with Crippen molar-refractivity contribution in [1.29, 1.82) is 10.8 Å². The fourth-order valence-electron chi connectivity index (χ4n) is 1.57. The molecule has 0 radical (unpaired) electrons. The fraction of sp³-hybridized carbons (Fsp3) is 0. The number of benzene rings is 2. The van der Waals surface area contributed by atoms with E-state index in [4.69, 9.17) is 22.3 Å². The summed E-state index contributed by atoms with van der Waals surface area (Å²) < 4.78 is 0. The van der Waals surface area contributed by atoms with Gasteiger partial charge in [0.05, 0.1) is 11.4 Å². The van der Waals surface area contributed by atoms with Crippen LogP contribution >= 0.6 is 12.4 Å². The minimum atomic E-state index is 0. The molecule has 0 aliphatic rings. The van der Waals surface area contributed by atoms with E-state index >= 15 is 0 Å². The van der Waals surface area contributed by atoms with E-state index in [1.54, 1.807) is 48.5 Å². The van der Waals surface area contributed by atoms with Crippen molar-refractivity contribution in [2.24, 2.45) is 21.8 Å². The summed E-state index contributed by atoms with van der Waals surface area (Å²) in [4.78, 5) is 0. The Bertz CT molecular complexity index is 677. The SMILES string of the molecule is Cl.N=C(N)c1ccc(N=NNc2ccc(C(=N)N)cc2)cc1. The molecule has 0 amide bonds. The van der Waals surface area contributed by atoms with Gasteiger partial charge in [0.15, 0.2) is 0 Å². The molecule has 0 aliphatic carbocycles. The van der Waals surface area contributed by atoms with Crippen molar-refractivity contribution in [2.45, 2.75) is 0 Å². The smallest absolute Gasteiger partial charge is 0.122 e. The molecular weight excluding hydrogens is 302 g/mol. The molecule has 7 N–H and O–H groups in total. The molecule has 114 valence electrons. The van der Waals surface area contributed by atoms with Gasteiger partial charge in [-0.2, -0.15) is 0 Å². The number of rotatable bonds is 5. The Morgan fingerprint density at radius 2 is 1.27 bits per heavy atom. The summed E-state index contributed by atoms with van der Waals surface area (Å²) in [5.74, 6) is 0.0379. The number of nitrogens with two attached hydrogens (primary N) is 2. The van der Waals surface area contributed by atoms with Gasteiger partial charge in [-0.1, -0.05) is 5.22 Å². The number of halogens is 1. The zero-order chi connectivity index (χ0) is 15.2. The van der Waals surface area contributed by atoms with Crippen molar-refractivity contribution < 1.29 is 0 Å². The van der Waals surface area contributed by atoms with Crippen LogP contribution in [0.15, 0.2) is 58.9 Å². The third-order valence-electron chi connectivity index (χ3n) is 2.72. The van der Waals surface area contributed by atoms with Crippen molar-refractivity contribution in [2.75, 3.05) is 5.43 Å². The number of nitrogen functional groups attached to an aromatic ring is 2. The lowest BCUT2D eigenvalue weighted by atomic mass is 10.2. The second-order valence-corrected chi connectivity index (χ2v) is 4.26. The second-order valence-electron chi connectivity index (χ2n) is 4.26. The van der Waals surface area contributed by atoms with Crippen LogP contribution in [0.2, 0.25) is 0 Å². The molecule has 7 nitrogen and oxygen atoms in total. The third-order valence-corrected chi connectivity index (χ3v) is 2.72. The van der Waals surface area contributed by atoms with E-state index in [1.807, 2.05) is 0 Å². The highest BCUT2D eigenvalue weighted by Crippen LogP contribution is 2.14.